The molecule has 0 aliphatic heterocycles. The lowest BCUT2D eigenvalue weighted by molar-refractivity contribution is 0.102. The first-order valence-electron chi connectivity index (χ1n) is 9.45. The second kappa shape index (κ2) is 8.00. The fourth-order valence-corrected chi connectivity index (χ4v) is 3.83. The van der Waals surface area contributed by atoms with Gasteiger partial charge in [-0.1, -0.05) is 36.5 Å². The van der Waals surface area contributed by atoms with Crippen molar-refractivity contribution in [3.05, 3.63) is 59.4 Å². The van der Waals surface area contributed by atoms with E-state index in [0.717, 1.165) is 39.0 Å². The minimum absolute atomic E-state index is 0.182. The summed E-state index contributed by atoms with van der Waals surface area (Å²) in [6.45, 7) is 6.45. The molecule has 2 aromatic carbocycles. The second-order valence-corrected chi connectivity index (χ2v) is 7.47. The normalized spacial score (nSPS) is 11.0. The molecule has 4 aromatic rings. The van der Waals surface area contributed by atoms with Crippen molar-refractivity contribution in [1.29, 1.82) is 0 Å². The standard InChI is InChI=1S/C21H21N5O2S/c1-4-18-23-24-21-26(18)25-20(29-21)15-10-9-13(3)17(12-15)22-19(27)14-7-6-8-16(11-14)28-5-2/h6-12H,4-5H2,1-3H3,(H,22,27). The average Bonchev–Trinajstić information content (AvgIpc) is 3.31. The van der Waals surface area contributed by atoms with Gasteiger partial charge in [-0.2, -0.15) is 9.61 Å². The van der Waals surface area contributed by atoms with Crippen LogP contribution in [0.2, 0.25) is 0 Å². The Morgan fingerprint density at radius 3 is 2.83 bits per heavy atom. The largest absolute Gasteiger partial charge is 0.494 e. The van der Waals surface area contributed by atoms with Crippen molar-refractivity contribution in [2.24, 2.45) is 0 Å². The fraction of sp³-hybridized carbons (Fsp3) is 0.238. The third-order valence-electron chi connectivity index (χ3n) is 4.51. The minimum atomic E-state index is -0.182. The number of carbonyl (C=O) groups excluding carboxylic acids is 1. The van der Waals surface area contributed by atoms with Gasteiger partial charge in [0.25, 0.3) is 5.91 Å². The molecule has 1 amide bonds. The monoisotopic (exact) mass is 407 g/mol. The maximum Gasteiger partial charge on any atom is 0.255 e. The topological polar surface area (TPSA) is 81.4 Å². The first-order chi connectivity index (χ1) is 14.1. The van der Waals surface area contributed by atoms with Crippen LogP contribution in [0.15, 0.2) is 42.5 Å². The summed E-state index contributed by atoms with van der Waals surface area (Å²) in [5.41, 5.74) is 3.19. The van der Waals surface area contributed by atoms with Crippen LogP contribution in [-0.4, -0.2) is 32.3 Å². The lowest BCUT2D eigenvalue weighted by Gasteiger charge is -2.11. The van der Waals surface area contributed by atoms with Gasteiger partial charge in [-0.05, 0) is 43.7 Å². The molecule has 2 heterocycles. The van der Waals surface area contributed by atoms with Crippen molar-refractivity contribution in [3.8, 4) is 16.3 Å². The van der Waals surface area contributed by atoms with Gasteiger partial charge in [-0.15, -0.1) is 10.2 Å². The Kier molecular flexibility index (Phi) is 5.26. The molecule has 0 aliphatic rings. The van der Waals surface area contributed by atoms with Gasteiger partial charge in [0.2, 0.25) is 4.96 Å². The van der Waals surface area contributed by atoms with Crippen molar-refractivity contribution in [2.45, 2.75) is 27.2 Å². The van der Waals surface area contributed by atoms with E-state index in [9.17, 15) is 4.79 Å². The molecular formula is C21H21N5O2S. The number of aromatic nitrogens is 4. The fourth-order valence-electron chi connectivity index (χ4n) is 2.97. The Bertz CT molecular complexity index is 1180. The Balaban J connectivity index is 1.62. The number of carbonyl (C=O) groups is 1. The molecule has 4 rings (SSSR count). The molecule has 148 valence electrons. The number of nitrogens with one attached hydrogen (secondary N) is 1. The van der Waals surface area contributed by atoms with Crippen molar-refractivity contribution in [1.82, 2.24) is 19.8 Å². The molecule has 7 nitrogen and oxygen atoms in total. The summed E-state index contributed by atoms with van der Waals surface area (Å²) in [5.74, 6) is 1.33. The zero-order valence-electron chi connectivity index (χ0n) is 16.5. The molecule has 29 heavy (non-hydrogen) atoms. The van der Waals surface area contributed by atoms with Crippen LogP contribution in [0.1, 0.15) is 35.6 Å². The maximum absolute atomic E-state index is 12.8. The summed E-state index contributed by atoms with van der Waals surface area (Å²) >= 11 is 1.47. The molecule has 0 radical (unpaired) electrons. The van der Waals surface area contributed by atoms with Crippen LogP contribution in [0.3, 0.4) is 0 Å². The highest BCUT2D eigenvalue weighted by atomic mass is 32.1. The van der Waals surface area contributed by atoms with Gasteiger partial charge in [0.15, 0.2) is 5.82 Å². The molecule has 0 saturated heterocycles. The highest BCUT2D eigenvalue weighted by Gasteiger charge is 2.14. The third kappa shape index (κ3) is 3.84. The zero-order valence-corrected chi connectivity index (χ0v) is 17.3. The van der Waals surface area contributed by atoms with Gasteiger partial charge >= 0.3 is 0 Å². The van der Waals surface area contributed by atoms with Gasteiger partial charge in [-0.25, -0.2) is 0 Å². The number of amides is 1. The number of rotatable bonds is 6. The van der Waals surface area contributed by atoms with Crippen LogP contribution in [0.4, 0.5) is 5.69 Å². The molecule has 0 bridgehead atoms. The highest BCUT2D eigenvalue weighted by Crippen LogP contribution is 2.29. The molecular weight excluding hydrogens is 386 g/mol. The van der Waals surface area contributed by atoms with E-state index in [0.29, 0.717) is 17.9 Å². The molecule has 8 heteroatoms. The maximum atomic E-state index is 12.8. The Morgan fingerprint density at radius 1 is 1.17 bits per heavy atom. The van der Waals surface area contributed by atoms with E-state index in [1.807, 2.05) is 51.1 Å². The number of nitrogens with zero attached hydrogens (tertiary/aromatic N) is 4. The number of hydrogen-bond donors (Lipinski definition) is 1. The van der Waals surface area contributed by atoms with Crippen LogP contribution in [0.5, 0.6) is 5.75 Å². The Hall–Kier alpha value is -3.26. The lowest BCUT2D eigenvalue weighted by atomic mass is 10.1. The second-order valence-electron chi connectivity index (χ2n) is 6.52. The predicted octanol–water partition coefficient (Wildman–Crippen LogP) is 4.37. The lowest BCUT2D eigenvalue weighted by Crippen LogP contribution is -2.13. The summed E-state index contributed by atoms with van der Waals surface area (Å²) in [6.07, 6.45) is 0.764. The van der Waals surface area contributed by atoms with Crippen LogP contribution in [0, 0.1) is 6.92 Å². The van der Waals surface area contributed by atoms with Crippen LogP contribution < -0.4 is 10.1 Å². The molecule has 0 fully saturated rings. The predicted molar refractivity (Wildman–Crippen MR) is 114 cm³/mol. The van der Waals surface area contributed by atoms with E-state index in [4.69, 9.17) is 4.74 Å². The quantitative estimate of drug-likeness (QED) is 0.513. The molecule has 0 spiro atoms. The minimum Gasteiger partial charge on any atom is -0.494 e. The first-order valence-corrected chi connectivity index (χ1v) is 10.3. The van der Waals surface area contributed by atoms with E-state index in [2.05, 4.69) is 20.6 Å². The number of aryl methyl sites for hydroxylation is 2. The van der Waals surface area contributed by atoms with Crippen LogP contribution in [0.25, 0.3) is 15.5 Å². The number of benzene rings is 2. The van der Waals surface area contributed by atoms with E-state index >= 15 is 0 Å². The molecule has 0 atom stereocenters. The summed E-state index contributed by atoms with van der Waals surface area (Å²) in [6, 6.07) is 13.1. The van der Waals surface area contributed by atoms with E-state index < -0.39 is 0 Å². The summed E-state index contributed by atoms with van der Waals surface area (Å²) in [7, 11) is 0. The van der Waals surface area contributed by atoms with Gasteiger partial charge in [-0.3, -0.25) is 4.79 Å². The van der Waals surface area contributed by atoms with Crippen molar-refractivity contribution >= 4 is 27.9 Å². The smallest absolute Gasteiger partial charge is 0.255 e. The van der Waals surface area contributed by atoms with E-state index in [1.54, 1.807) is 16.6 Å². The SMILES string of the molecule is CCOc1cccc(C(=O)Nc2cc(-c3nn4c(CC)nnc4s3)ccc2C)c1. The number of anilines is 1. The van der Waals surface area contributed by atoms with Gasteiger partial charge in [0, 0.05) is 23.2 Å². The van der Waals surface area contributed by atoms with Crippen LogP contribution >= 0.6 is 11.3 Å². The van der Waals surface area contributed by atoms with Gasteiger partial charge < -0.3 is 10.1 Å². The van der Waals surface area contributed by atoms with Crippen molar-refractivity contribution in [3.63, 3.8) is 0 Å². The molecule has 1 N–H and O–H groups in total. The molecule has 0 unspecified atom stereocenters. The first kappa shape index (κ1) is 19.1. The summed E-state index contributed by atoms with van der Waals surface area (Å²) < 4.78 is 7.26. The van der Waals surface area contributed by atoms with Crippen LogP contribution in [-0.2, 0) is 6.42 Å². The number of fused-ring (bicyclic) bond motifs is 1. The molecule has 0 aliphatic carbocycles. The summed E-state index contributed by atoms with van der Waals surface area (Å²) in [5, 5.41) is 16.8. The number of ether oxygens (including phenoxy) is 1. The van der Waals surface area contributed by atoms with Crippen molar-refractivity contribution in [2.75, 3.05) is 11.9 Å². The average molecular weight is 407 g/mol. The Morgan fingerprint density at radius 2 is 2.03 bits per heavy atom. The van der Waals surface area contributed by atoms with E-state index in [1.165, 1.54) is 11.3 Å². The van der Waals surface area contributed by atoms with E-state index in [-0.39, 0.29) is 5.91 Å². The number of hydrogen-bond acceptors (Lipinski definition) is 6. The summed E-state index contributed by atoms with van der Waals surface area (Å²) in [4.78, 5) is 13.5. The zero-order chi connectivity index (χ0) is 20.4. The third-order valence-corrected chi connectivity index (χ3v) is 5.46. The van der Waals surface area contributed by atoms with Gasteiger partial charge in [0.05, 0.1) is 6.61 Å². The van der Waals surface area contributed by atoms with Crippen molar-refractivity contribution < 1.29 is 9.53 Å². The molecule has 0 saturated carbocycles. The molecule has 2 aromatic heterocycles. The highest BCUT2D eigenvalue weighted by molar-refractivity contribution is 7.19. The Labute approximate surface area is 172 Å². The van der Waals surface area contributed by atoms with Gasteiger partial charge in [0.1, 0.15) is 10.8 Å².